The molecule has 1 heterocycles. The van der Waals surface area contributed by atoms with Crippen molar-refractivity contribution in [3.05, 3.63) is 0 Å². The van der Waals surface area contributed by atoms with Gasteiger partial charge in [0.1, 0.15) is 0 Å². The summed E-state index contributed by atoms with van der Waals surface area (Å²) in [4.78, 5) is 14.6. The first-order valence-electron chi connectivity index (χ1n) is 8.88. The van der Waals surface area contributed by atoms with Crippen molar-refractivity contribution >= 4 is 5.91 Å². The maximum atomic E-state index is 12.3. The average molecular weight is 295 g/mol. The molecule has 2 N–H and O–H groups in total. The Bertz CT molecular complexity index is 322. The van der Waals surface area contributed by atoms with Crippen LogP contribution in [0.2, 0.25) is 0 Å². The Morgan fingerprint density at radius 3 is 2.43 bits per heavy atom. The van der Waals surface area contributed by atoms with Gasteiger partial charge in [-0.3, -0.25) is 9.69 Å². The molecule has 0 bridgehead atoms. The van der Waals surface area contributed by atoms with Crippen molar-refractivity contribution in [1.82, 2.24) is 15.5 Å². The fourth-order valence-corrected chi connectivity index (χ4v) is 3.20. The summed E-state index contributed by atoms with van der Waals surface area (Å²) >= 11 is 0. The molecule has 2 atom stereocenters. The van der Waals surface area contributed by atoms with Crippen molar-refractivity contribution in [2.75, 3.05) is 19.6 Å². The van der Waals surface area contributed by atoms with E-state index in [-0.39, 0.29) is 11.9 Å². The average Bonchev–Trinajstić information content (AvgIpc) is 3.29. The lowest BCUT2D eigenvalue weighted by Crippen LogP contribution is -2.50. The number of carbonyl (C=O) groups excluding carboxylic acids is 1. The summed E-state index contributed by atoms with van der Waals surface area (Å²) in [6.45, 7) is 9.61. The summed E-state index contributed by atoms with van der Waals surface area (Å²) in [5.74, 6) is 1.00. The monoisotopic (exact) mass is 295 g/mol. The van der Waals surface area contributed by atoms with Crippen LogP contribution in [0.4, 0.5) is 0 Å². The number of hydrogen-bond donors (Lipinski definition) is 2. The third-order valence-corrected chi connectivity index (χ3v) is 4.96. The minimum Gasteiger partial charge on any atom is -0.352 e. The van der Waals surface area contributed by atoms with E-state index >= 15 is 0 Å². The second kappa shape index (κ2) is 8.14. The maximum Gasteiger partial charge on any atom is 0.237 e. The zero-order valence-corrected chi connectivity index (χ0v) is 14.0. The summed E-state index contributed by atoms with van der Waals surface area (Å²) in [7, 11) is 0. The van der Waals surface area contributed by atoms with Crippen LogP contribution >= 0.6 is 0 Å². The molecule has 1 aliphatic carbocycles. The molecule has 0 spiro atoms. The molecule has 1 aliphatic heterocycles. The summed E-state index contributed by atoms with van der Waals surface area (Å²) in [6, 6.07) is 1.12. The van der Waals surface area contributed by atoms with Gasteiger partial charge in [-0.15, -0.1) is 0 Å². The molecular formula is C17H33N3O. The Kier molecular flexibility index (Phi) is 6.49. The van der Waals surface area contributed by atoms with Crippen molar-refractivity contribution in [1.29, 1.82) is 0 Å². The molecule has 4 nitrogen and oxygen atoms in total. The van der Waals surface area contributed by atoms with Gasteiger partial charge < -0.3 is 10.6 Å². The number of rotatable bonds is 8. The lowest BCUT2D eigenvalue weighted by Gasteiger charge is -2.35. The van der Waals surface area contributed by atoms with E-state index in [4.69, 9.17) is 0 Å². The standard InChI is InChI=1S/C17H33N3O/c1-4-5-13(2)19-17(21)14(3)20-10-8-15(9-11-20)12-18-16-6-7-16/h13-16,18H,4-12H2,1-3H3,(H,19,21). The molecule has 2 fully saturated rings. The van der Waals surface area contributed by atoms with Gasteiger partial charge in [0, 0.05) is 12.1 Å². The van der Waals surface area contributed by atoms with Gasteiger partial charge in [-0.1, -0.05) is 13.3 Å². The van der Waals surface area contributed by atoms with Gasteiger partial charge in [0.2, 0.25) is 5.91 Å². The fraction of sp³-hybridized carbons (Fsp3) is 0.941. The van der Waals surface area contributed by atoms with Crippen LogP contribution < -0.4 is 10.6 Å². The quantitative estimate of drug-likeness (QED) is 0.721. The molecule has 0 radical (unpaired) electrons. The second-order valence-corrected chi connectivity index (χ2v) is 7.04. The van der Waals surface area contributed by atoms with E-state index in [1.165, 1.54) is 32.2 Å². The predicted molar refractivity (Wildman–Crippen MR) is 87.3 cm³/mol. The Labute approximate surface area is 130 Å². The Morgan fingerprint density at radius 2 is 1.86 bits per heavy atom. The summed E-state index contributed by atoms with van der Waals surface area (Å²) in [5.41, 5.74) is 0. The number of piperidine rings is 1. The van der Waals surface area contributed by atoms with Crippen molar-refractivity contribution in [2.45, 2.75) is 77.4 Å². The molecule has 2 unspecified atom stereocenters. The van der Waals surface area contributed by atoms with Gasteiger partial charge in [-0.2, -0.15) is 0 Å². The molecule has 4 heteroatoms. The summed E-state index contributed by atoms with van der Waals surface area (Å²) < 4.78 is 0. The fourth-order valence-electron chi connectivity index (χ4n) is 3.20. The molecule has 0 aromatic heterocycles. The first-order chi connectivity index (χ1) is 10.1. The SMILES string of the molecule is CCCC(C)NC(=O)C(C)N1CCC(CNC2CC2)CC1. The van der Waals surface area contributed by atoms with Gasteiger partial charge in [0.15, 0.2) is 0 Å². The molecule has 1 saturated heterocycles. The van der Waals surface area contributed by atoms with Gasteiger partial charge in [-0.05, 0) is 71.5 Å². The van der Waals surface area contributed by atoms with Gasteiger partial charge in [-0.25, -0.2) is 0 Å². The Hall–Kier alpha value is -0.610. The second-order valence-electron chi connectivity index (χ2n) is 7.04. The summed E-state index contributed by atoms with van der Waals surface area (Å²) in [5, 5.41) is 6.78. The molecule has 0 aromatic carbocycles. The Balaban J connectivity index is 1.66. The van der Waals surface area contributed by atoms with Crippen molar-refractivity contribution in [3.63, 3.8) is 0 Å². The minimum atomic E-state index is 0.0154. The van der Waals surface area contributed by atoms with E-state index in [1.54, 1.807) is 0 Å². The van der Waals surface area contributed by atoms with Crippen LogP contribution in [0.3, 0.4) is 0 Å². The highest BCUT2D eigenvalue weighted by atomic mass is 16.2. The highest BCUT2D eigenvalue weighted by Crippen LogP contribution is 2.22. The molecule has 2 rings (SSSR count). The van der Waals surface area contributed by atoms with Gasteiger partial charge >= 0.3 is 0 Å². The third-order valence-electron chi connectivity index (χ3n) is 4.96. The normalized spacial score (nSPS) is 23.8. The van der Waals surface area contributed by atoms with Crippen molar-refractivity contribution < 1.29 is 4.79 Å². The lowest BCUT2D eigenvalue weighted by molar-refractivity contribution is -0.127. The van der Waals surface area contributed by atoms with E-state index in [9.17, 15) is 4.79 Å². The topological polar surface area (TPSA) is 44.4 Å². The molecule has 1 saturated carbocycles. The maximum absolute atomic E-state index is 12.3. The van der Waals surface area contributed by atoms with Gasteiger partial charge in [0.05, 0.1) is 6.04 Å². The number of nitrogens with zero attached hydrogens (tertiary/aromatic N) is 1. The van der Waals surface area contributed by atoms with Gasteiger partial charge in [0.25, 0.3) is 0 Å². The third kappa shape index (κ3) is 5.59. The van der Waals surface area contributed by atoms with Crippen LogP contribution in [0.25, 0.3) is 0 Å². The van der Waals surface area contributed by atoms with Crippen molar-refractivity contribution in [2.24, 2.45) is 5.92 Å². The van der Waals surface area contributed by atoms with Crippen molar-refractivity contribution in [3.8, 4) is 0 Å². The molecule has 0 aromatic rings. The first kappa shape index (κ1) is 16.8. The lowest BCUT2D eigenvalue weighted by atomic mass is 9.95. The van der Waals surface area contributed by atoms with Crippen LogP contribution in [0.1, 0.15) is 59.3 Å². The Morgan fingerprint density at radius 1 is 1.19 bits per heavy atom. The molecule has 1 amide bonds. The highest BCUT2D eigenvalue weighted by Gasteiger charge is 2.28. The van der Waals surface area contributed by atoms with Crippen LogP contribution in [0, 0.1) is 5.92 Å². The molecular weight excluding hydrogens is 262 g/mol. The van der Waals surface area contributed by atoms with E-state index in [1.807, 2.05) is 0 Å². The molecule has 122 valence electrons. The largest absolute Gasteiger partial charge is 0.352 e. The number of hydrogen-bond acceptors (Lipinski definition) is 3. The highest BCUT2D eigenvalue weighted by molar-refractivity contribution is 5.81. The van der Waals surface area contributed by atoms with Crippen LogP contribution in [0.5, 0.6) is 0 Å². The van der Waals surface area contributed by atoms with E-state index < -0.39 is 0 Å². The van der Waals surface area contributed by atoms with E-state index in [0.717, 1.165) is 37.9 Å². The molecule has 2 aliphatic rings. The number of likely N-dealkylation sites (tertiary alicyclic amines) is 1. The molecule has 21 heavy (non-hydrogen) atoms. The zero-order valence-electron chi connectivity index (χ0n) is 14.0. The number of nitrogens with one attached hydrogen (secondary N) is 2. The van der Waals surface area contributed by atoms with E-state index in [2.05, 4.69) is 36.3 Å². The number of carbonyl (C=O) groups is 1. The smallest absolute Gasteiger partial charge is 0.237 e. The van der Waals surface area contributed by atoms with E-state index in [0.29, 0.717) is 6.04 Å². The predicted octanol–water partition coefficient (Wildman–Crippen LogP) is 2.14. The minimum absolute atomic E-state index is 0.0154. The first-order valence-corrected chi connectivity index (χ1v) is 8.88. The van der Waals surface area contributed by atoms with Crippen LogP contribution in [0.15, 0.2) is 0 Å². The number of amides is 1. The van der Waals surface area contributed by atoms with Crippen LogP contribution in [-0.4, -0.2) is 48.6 Å². The zero-order chi connectivity index (χ0) is 15.2. The van der Waals surface area contributed by atoms with Crippen LogP contribution in [-0.2, 0) is 4.79 Å². The summed E-state index contributed by atoms with van der Waals surface area (Å²) in [6.07, 6.45) is 7.37.